The maximum Gasteiger partial charge on any atom is 0.271 e. The maximum atomic E-state index is 12.8. The van der Waals surface area contributed by atoms with E-state index in [-0.39, 0.29) is 18.0 Å². The lowest BCUT2D eigenvalue weighted by molar-refractivity contribution is -0.116. The minimum atomic E-state index is -0.309. The predicted octanol–water partition coefficient (Wildman–Crippen LogP) is 3.77. The molecule has 1 amide bonds. The monoisotopic (exact) mass is 391 g/mol. The number of carbonyl (C=O) groups excluding carboxylic acids is 1. The van der Waals surface area contributed by atoms with E-state index in [0.717, 1.165) is 11.1 Å². The fourth-order valence-corrected chi connectivity index (χ4v) is 3.91. The van der Waals surface area contributed by atoms with Crippen LogP contribution >= 0.6 is 11.3 Å². The molecule has 140 valence electrons. The molecule has 2 aromatic heterocycles. The molecule has 0 saturated heterocycles. The number of amides is 1. The number of methoxy groups -OCH3 is 1. The quantitative estimate of drug-likeness (QED) is 0.562. The molecule has 0 bridgehead atoms. The van der Waals surface area contributed by atoms with E-state index in [4.69, 9.17) is 4.74 Å². The van der Waals surface area contributed by atoms with Crippen molar-refractivity contribution in [2.24, 2.45) is 0 Å². The van der Waals surface area contributed by atoms with Gasteiger partial charge in [-0.1, -0.05) is 36.4 Å². The highest BCUT2D eigenvalue weighted by molar-refractivity contribution is 7.17. The second-order valence-corrected chi connectivity index (χ2v) is 7.03. The zero-order valence-electron chi connectivity index (χ0n) is 15.1. The van der Waals surface area contributed by atoms with Crippen molar-refractivity contribution in [3.8, 4) is 16.9 Å². The van der Waals surface area contributed by atoms with Crippen molar-refractivity contribution < 1.29 is 9.53 Å². The third kappa shape index (κ3) is 3.52. The number of benzene rings is 2. The van der Waals surface area contributed by atoms with Gasteiger partial charge in [-0.25, -0.2) is 4.98 Å². The lowest BCUT2D eigenvalue weighted by Gasteiger charge is -2.08. The van der Waals surface area contributed by atoms with Crippen LogP contribution < -0.4 is 15.6 Å². The van der Waals surface area contributed by atoms with E-state index in [2.05, 4.69) is 10.3 Å². The number of nitrogens with one attached hydrogen (secondary N) is 1. The highest BCUT2D eigenvalue weighted by Crippen LogP contribution is 2.30. The van der Waals surface area contributed by atoms with E-state index >= 15 is 0 Å². The van der Waals surface area contributed by atoms with Crippen LogP contribution in [-0.2, 0) is 11.3 Å². The molecular formula is C21H17N3O3S. The molecule has 1 N–H and O–H groups in total. The van der Waals surface area contributed by atoms with Gasteiger partial charge >= 0.3 is 0 Å². The topological polar surface area (TPSA) is 73.2 Å². The second-order valence-electron chi connectivity index (χ2n) is 6.15. The zero-order valence-corrected chi connectivity index (χ0v) is 15.9. The van der Waals surface area contributed by atoms with Crippen molar-refractivity contribution in [2.75, 3.05) is 12.4 Å². The number of anilines is 1. The van der Waals surface area contributed by atoms with Crippen LogP contribution in [0.2, 0.25) is 0 Å². The molecule has 4 aromatic rings. The summed E-state index contributed by atoms with van der Waals surface area (Å²) in [7, 11) is 1.56. The van der Waals surface area contributed by atoms with Crippen LogP contribution in [0, 0.1) is 0 Å². The summed E-state index contributed by atoms with van der Waals surface area (Å²) in [5, 5.41) is 4.69. The van der Waals surface area contributed by atoms with Gasteiger partial charge < -0.3 is 10.1 Å². The molecule has 7 heteroatoms. The number of thiophene rings is 1. The fourth-order valence-electron chi connectivity index (χ4n) is 2.93. The van der Waals surface area contributed by atoms with Crippen molar-refractivity contribution in [3.63, 3.8) is 0 Å². The van der Waals surface area contributed by atoms with E-state index in [0.29, 0.717) is 21.7 Å². The molecule has 2 heterocycles. The number of hydrogen-bond acceptors (Lipinski definition) is 5. The fraction of sp³-hybridized carbons (Fsp3) is 0.0952. The number of fused-ring (bicyclic) bond motifs is 1. The molecule has 28 heavy (non-hydrogen) atoms. The third-order valence-corrected chi connectivity index (χ3v) is 5.26. The summed E-state index contributed by atoms with van der Waals surface area (Å²) >= 11 is 1.34. The first-order valence-electron chi connectivity index (χ1n) is 8.61. The van der Waals surface area contributed by atoms with Gasteiger partial charge in [-0.3, -0.25) is 14.2 Å². The Kier molecular flexibility index (Phi) is 4.90. The summed E-state index contributed by atoms with van der Waals surface area (Å²) in [6.07, 6.45) is 1.43. The number of ether oxygens (including phenoxy) is 1. The van der Waals surface area contributed by atoms with Gasteiger partial charge in [0, 0.05) is 22.7 Å². The first kappa shape index (κ1) is 17.9. The first-order chi connectivity index (χ1) is 13.7. The van der Waals surface area contributed by atoms with Gasteiger partial charge in [-0.2, -0.15) is 0 Å². The molecule has 0 aliphatic carbocycles. The van der Waals surface area contributed by atoms with E-state index in [9.17, 15) is 9.59 Å². The predicted molar refractivity (Wildman–Crippen MR) is 111 cm³/mol. The van der Waals surface area contributed by atoms with Gasteiger partial charge in [0.15, 0.2) is 0 Å². The van der Waals surface area contributed by atoms with E-state index < -0.39 is 0 Å². The van der Waals surface area contributed by atoms with Crippen LogP contribution in [0.25, 0.3) is 21.3 Å². The Labute approximate surface area is 165 Å². The Morgan fingerprint density at radius 2 is 2.00 bits per heavy atom. The minimum Gasteiger partial charge on any atom is -0.497 e. The van der Waals surface area contributed by atoms with Gasteiger partial charge in [0.05, 0.1) is 19.0 Å². The Balaban J connectivity index is 1.59. The molecule has 0 saturated carbocycles. The summed E-state index contributed by atoms with van der Waals surface area (Å²) in [5.74, 6) is 0.335. The Morgan fingerprint density at radius 1 is 1.18 bits per heavy atom. The summed E-state index contributed by atoms with van der Waals surface area (Å²) in [5.41, 5.74) is 2.97. The average Bonchev–Trinajstić information content (AvgIpc) is 3.16. The average molecular weight is 391 g/mol. The molecule has 0 spiro atoms. The van der Waals surface area contributed by atoms with Gasteiger partial charge in [-0.15, -0.1) is 11.3 Å². The van der Waals surface area contributed by atoms with Crippen molar-refractivity contribution >= 4 is 33.1 Å². The summed E-state index contributed by atoms with van der Waals surface area (Å²) in [6, 6.07) is 16.9. The number of aromatic nitrogens is 2. The third-order valence-electron chi connectivity index (χ3n) is 4.30. The molecule has 6 nitrogen and oxygen atoms in total. The minimum absolute atomic E-state index is 0.114. The van der Waals surface area contributed by atoms with Crippen LogP contribution in [-0.4, -0.2) is 22.6 Å². The van der Waals surface area contributed by atoms with Crippen LogP contribution in [0.1, 0.15) is 0 Å². The molecule has 0 radical (unpaired) electrons. The molecule has 0 unspecified atom stereocenters. The zero-order chi connectivity index (χ0) is 19.5. The van der Waals surface area contributed by atoms with Crippen molar-refractivity contribution in [1.82, 2.24) is 9.55 Å². The Hall–Kier alpha value is -3.45. The SMILES string of the molecule is COc1cccc(NC(=O)Cn2cnc3c(-c4ccccc4)csc3c2=O)c1. The summed E-state index contributed by atoms with van der Waals surface area (Å²) < 4.78 is 7.01. The van der Waals surface area contributed by atoms with Crippen LogP contribution in [0.5, 0.6) is 5.75 Å². The van der Waals surface area contributed by atoms with Crippen molar-refractivity contribution in [1.29, 1.82) is 0 Å². The standard InChI is InChI=1S/C21H17N3O3S/c1-27-16-9-5-8-15(10-16)23-18(25)11-24-13-22-19-17(12-28-20(19)21(24)26)14-6-3-2-4-7-14/h2-10,12-13H,11H2,1H3,(H,23,25). The summed E-state index contributed by atoms with van der Waals surface area (Å²) in [4.78, 5) is 29.6. The molecule has 2 aromatic carbocycles. The Bertz CT molecular complexity index is 1200. The number of rotatable bonds is 5. The maximum absolute atomic E-state index is 12.8. The number of hydrogen-bond donors (Lipinski definition) is 1. The molecule has 4 rings (SSSR count). The highest BCUT2D eigenvalue weighted by atomic mass is 32.1. The molecular weight excluding hydrogens is 374 g/mol. The lowest BCUT2D eigenvalue weighted by Crippen LogP contribution is -2.27. The van der Waals surface area contributed by atoms with E-state index in [1.807, 2.05) is 35.7 Å². The lowest BCUT2D eigenvalue weighted by atomic mass is 10.1. The summed E-state index contributed by atoms with van der Waals surface area (Å²) in [6.45, 7) is -0.114. The van der Waals surface area contributed by atoms with Crippen molar-refractivity contribution in [3.05, 3.63) is 76.7 Å². The largest absolute Gasteiger partial charge is 0.497 e. The van der Waals surface area contributed by atoms with Gasteiger partial charge in [0.25, 0.3) is 5.56 Å². The molecule has 0 aliphatic rings. The Morgan fingerprint density at radius 3 is 2.79 bits per heavy atom. The van der Waals surface area contributed by atoms with E-state index in [1.165, 1.54) is 22.2 Å². The normalized spacial score (nSPS) is 10.8. The molecule has 0 aliphatic heterocycles. The smallest absolute Gasteiger partial charge is 0.271 e. The van der Waals surface area contributed by atoms with Gasteiger partial charge in [0.2, 0.25) is 5.91 Å². The molecule has 0 fully saturated rings. The van der Waals surface area contributed by atoms with Gasteiger partial charge in [0.1, 0.15) is 17.0 Å². The van der Waals surface area contributed by atoms with Crippen LogP contribution in [0.15, 0.2) is 71.1 Å². The van der Waals surface area contributed by atoms with Crippen LogP contribution in [0.3, 0.4) is 0 Å². The number of nitrogens with zero attached hydrogens (tertiary/aromatic N) is 2. The van der Waals surface area contributed by atoms with Gasteiger partial charge in [-0.05, 0) is 17.7 Å². The highest BCUT2D eigenvalue weighted by Gasteiger charge is 2.14. The van der Waals surface area contributed by atoms with Crippen molar-refractivity contribution in [2.45, 2.75) is 6.54 Å². The van der Waals surface area contributed by atoms with E-state index in [1.54, 1.807) is 31.4 Å². The first-order valence-corrected chi connectivity index (χ1v) is 9.49. The second kappa shape index (κ2) is 7.66. The molecule has 0 atom stereocenters. The van der Waals surface area contributed by atoms with Crippen LogP contribution in [0.4, 0.5) is 5.69 Å². The number of carbonyl (C=O) groups is 1.